The molecule has 2 rings (SSSR count). The highest BCUT2D eigenvalue weighted by atomic mass is 32.2. The van der Waals surface area contributed by atoms with Crippen LogP contribution in [0.25, 0.3) is 0 Å². The van der Waals surface area contributed by atoms with Crippen LogP contribution >= 0.6 is 0 Å². The summed E-state index contributed by atoms with van der Waals surface area (Å²) in [7, 11) is -2.12. The topological polar surface area (TPSA) is 110 Å². The number of hydrogen-bond acceptors (Lipinski definition) is 5. The number of sulfonamides is 1. The lowest BCUT2D eigenvalue weighted by molar-refractivity contribution is -0.124. The van der Waals surface area contributed by atoms with E-state index in [9.17, 15) is 13.2 Å². The first-order valence-electron chi connectivity index (χ1n) is 6.39. The van der Waals surface area contributed by atoms with Crippen LogP contribution in [-0.4, -0.2) is 53.4 Å². The molecule has 3 N–H and O–H groups in total. The Labute approximate surface area is 118 Å². The average molecular weight is 301 g/mol. The van der Waals surface area contributed by atoms with Crippen LogP contribution in [0.15, 0.2) is 17.6 Å². The number of nitrogens with two attached hydrogens (primary N) is 1. The number of imidazole rings is 1. The number of nitrogens with zero attached hydrogens (tertiary/aromatic N) is 3. The van der Waals surface area contributed by atoms with E-state index >= 15 is 0 Å². The molecule has 1 amide bonds. The molecule has 1 aromatic rings. The first-order chi connectivity index (χ1) is 9.36. The minimum absolute atomic E-state index is 0.0663. The van der Waals surface area contributed by atoms with Crippen LogP contribution in [0.3, 0.4) is 0 Å². The SMILES string of the molecule is CCNC(=O)[C@@H]1C[C@H](N)CN1S(=O)(=O)c1cn(C)cn1. The molecule has 1 fully saturated rings. The van der Waals surface area contributed by atoms with Crippen molar-refractivity contribution in [3.63, 3.8) is 0 Å². The summed E-state index contributed by atoms with van der Waals surface area (Å²) in [6.07, 6.45) is 3.13. The van der Waals surface area contributed by atoms with Crippen molar-refractivity contribution in [2.45, 2.75) is 30.5 Å². The minimum Gasteiger partial charge on any atom is -0.355 e. The summed E-state index contributed by atoms with van der Waals surface area (Å²) in [4.78, 5) is 15.8. The van der Waals surface area contributed by atoms with Crippen LogP contribution in [0.1, 0.15) is 13.3 Å². The Kier molecular flexibility index (Phi) is 4.11. The van der Waals surface area contributed by atoms with Gasteiger partial charge < -0.3 is 15.6 Å². The maximum atomic E-state index is 12.5. The Morgan fingerprint density at radius 2 is 2.30 bits per heavy atom. The molecule has 2 atom stereocenters. The smallest absolute Gasteiger partial charge is 0.262 e. The number of nitrogens with one attached hydrogen (secondary N) is 1. The minimum atomic E-state index is -3.80. The zero-order valence-electron chi connectivity index (χ0n) is 11.5. The van der Waals surface area contributed by atoms with Crippen molar-refractivity contribution >= 4 is 15.9 Å². The van der Waals surface area contributed by atoms with E-state index in [2.05, 4.69) is 10.3 Å². The monoisotopic (exact) mass is 301 g/mol. The molecule has 0 bridgehead atoms. The van der Waals surface area contributed by atoms with Gasteiger partial charge in [0.05, 0.1) is 6.33 Å². The van der Waals surface area contributed by atoms with Gasteiger partial charge in [-0.3, -0.25) is 4.79 Å². The van der Waals surface area contributed by atoms with E-state index in [1.165, 1.54) is 12.5 Å². The van der Waals surface area contributed by atoms with Gasteiger partial charge in [0.15, 0.2) is 5.03 Å². The van der Waals surface area contributed by atoms with Gasteiger partial charge >= 0.3 is 0 Å². The fourth-order valence-corrected chi connectivity index (χ4v) is 3.90. The predicted molar refractivity (Wildman–Crippen MR) is 72.2 cm³/mol. The number of carbonyl (C=O) groups is 1. The molecule has 1 saturated heterocycles. The number of aromatic nitrogens is 2. The van der Waals surface area contributed by atoms with Crippen LogP contribution in [-0.2, 0) is 21.9 Å². The van der Waals surface area contributed by atoms with Crippen LogP contribution in [0.2, 0.25) is 0 Å². The molecule has 0 aliphatic carbocycles. The fourth-order valence-electron chi connectivity index (χ4n) is 2.27. The second kappa shape index (κ2) is 5.51. The molecular weight excluding hydrogens is 282 g/mol. The Bertz CT molecular complexity index is 597. The zero-order valence-corrected chi connectivity index (χ0v) is 12.3. The van der Waals surface area contributed by atoms with Crippen LogP contribution in [0.5, 0.6) is 0 Å². The van der Waals surface area contributed by atoms with Gasteiger partial charge in [0, 0.05) is 32.4 Å². The Morgan fingerprint density at radius 3 is 2.85 bits per heavy atom. The second-order valence-electron chi connectivity index (χ2n) is 4.86. The summed E-state index contributed by atoms with van der Waals surface area (Å²) in [6.45, 7) is 2.35. The van der Waals surface area contributed by atoms with Gasteiger partial charge in [-0.15, -0.1) is 0 Å². The van der Waals surface area contributed by atoms with Gasteiger partial charge in [0.2, 0.25) is 5.91 Å². The molecule has 0 unspecified atom stereocenters. The molecule has 20 heavy (non-hydrogen) atoms. The lowest BCUT2D eigenvalue weighted by Crippen LogP contribution is -2.45. The third-order valence-electron chi connectivity index (χ3n) is 3.20. The van der Waals surface area contributed by atoms with Crippen molar-refractivity contribution in [1.82, 2.24) is 19.2 Å². The number of hydrogen-bond donors (Lipinski definition) is 2. The summed E-state index contributed by atoms with van der Waals surface area (Å²) in [5, 5.41) is 2.57. The molecule has 1 aliphatic heterocycles. The van der Waals surface area contributed by atoms with Gasteiger partial charge in [-0.2, -0.15) is 4.31 Å². The van der Waals surface area contributed by atoms with Crippen LogP contribution in [0.4, 0.5) is 0 Å². The quantitative estimate of drug-likeness (QED) is 0.714. The van der Waals surface area contributed by atoms with Gasteiger partial charge in [-0.1, -0.05) is 0 Å². The summed E-state index contributed by atoms with van der Waals surface area (Å²) in [5.74, 6) is -0.319. The maximum Gasteiger partial charge on any atom is 0.262 e. The molecule has 0 aromatic carbocycles. The molecule has 0 saturated carbocycles. The Hall–Kier alpha value is -1.45. The third-order valence-corrected chi connectivity index (χ3v) is 4.96. The number of carbonyl (C=O) groups excluding carboxylic acids is 1. The summed E-state index contributed by atoms with van der Waals surface area (Å²) in [6, 6.07) is -1.11. The van der Waals surface area contributed by atoms with Crippen molar-refractivity contribution in [2.75, 3.05) is 13.1 Å². The number of rotatable bonds is 4. The number of likely N-dealkylation sites (N-methyl/N-ethyl adjacent to an activating group) is 1. The van der Waals surface area contributed by atoms with E-state index in [0.29, 0.717) is 13.0 Å². The normalized spacial score (nSPS) is 23.9. The molecule has 112 valence electrons. The van der Waals surface area contributed by atoms with E-state index in [1.54, 1.807) is 18.5 Å². The first kappa shape index (κ1) is 14.9. The molecule has 2 heterocycles. The Balaban J connectivity index is 2.31. The van der Waals surface area contributed by atoms with E-state index in [-0.39, 0.29) is 23.5 Å². The predicted octanol–water partition coefficient (Wildman–Crippen LogP) is -1.35. The Morgan fingerprint density at radius 1 is 1.60 bits per heavy atom. The van der Waals surface area contributed by atoms with Crippen molar-refractivity contribution in [3.05, 3.63) is 12.5 Å². The van der Waals surface area contributed by atoms with Gasteiger partial charge in [0.25, 0.3) is 10.0 Å². The maximum absolute atomic E-state index is 12.5. The van der Waals surface area contributed by atoms with E-state index < -0.39 is 16.1 Å². The highest BCUT2D eigenvalue weighted by molar-refractivity contribution is 7.89. The standard InChI is InChI=1S/C11H19N5O3S/c1-3-13-11(17)9-4-8(12)5-16(9)20(18,19)10-6-15(2)7-14-10/h6-9H,3-5,12H2,1-2H3,(H,13,17)/t8-,9-/m0/s1. The molecule has 1 aromatic heterocycles. The highest BCUT2D eigenvalue weighted by Gasteiger charge is 2.43. The lowest BCUT2D eigenvalue weighted by Gasteiger charge is -2.21. The zero-order chi connectivity index (χ0) is 14.9. The molecule has 9 heteroatoms. The van der Waals surface area contributed by atoms with E-state index in [0.717, 1.165) is 4.31 Å². The van der Waals surface area contributed by atoms with Crippen molar-refractivity contribution in [2.24, 2.45) is 12.8 Å². The molecule has 0 radical (unpaired) electrons. The molecule has 0 spiro atoms. The molecule has 8 nitrogen and oxygen atoms in total. The fraction of sp³-hybridized carbons (Fsp3) is 0.636. The first-order valence-corrected chi connectivity index (χ1v) is 7.83. The summed E-state index contributed by atoms with van der Waals surface area (Å²) in [5.41, 5.74) is 5.82. The molecule has 1 aliphatic rings. The lowest BCUT2D eigenvalue weighted by atomic mass is 10.2. The van der Waals surface area contributed by atoms with Crippen molar-refractivity contribution in [1.29, 1.82) is 0 Å². The van der Waals surface area contributed by atoms with Crippen LogP contribution in [0, 0.1) is 0 Å². The van der Waals surface area contributed by atoms with E-state index in [1.807, 2.05) is 0 Å². The second-order valence-corrected chi connectivity index (χ2v) is 6.70. The highest BCUT2D eigenvalue weighted by Crippen LogP contribution is 2.24. The van der Waals surface area contributed by atoms with Gasteiger partial charge in [-0.25, -0.2) is 13.4 Å². The summed E-state index contributed by atoms with van der Waals surface area (Å²) >= 11 is 0. The van der Waals surface area contributed by atoms with E-state index in [4.69, 9.17) is 5.73 Å². The van der Waals surface area contributed by atoms with Gasteiger partial charge in [0.1, 0.15) is 6.04 Å². The van der Waals surface area contributed by atoms with Gasteiger partial charge in [-0.05, 0) is 13.3 Å². The van der Waals surface area contributed by atoms with Crippen molar-refractivity contribution in [3.8, 4) is 0 Å². The average Bonchev–Trinajstić information content (AvgIpc) is 2.96. The molecular formula is C11H19N5O3S. The summed E-state index contributed by atoms with van der Waals surface area (Å²) < 4.78 is 27.7. The third kappa shape index (κ3) is 2.69. The number of amides is 1. The van der Waals surface area contributed by atoms with Crippen LogP contribution < -0.4 is 11.1 Å². The number of aryl methyl sites for hydroxylation is 1. The largest absolute Gasteiger partial charge is 0.355 e. The van der Waals surface area contributed by atoms with Crippen molar-refractivity contribution < 1.29 is 13.2 Å².